The Balaban J connectivity index is 1.67. The van der Waals surface area contributed by atoms with E-state index in [0.717, 1.165) is 11.1 Å². The van der Waals surface area contributed by atoms with Crippen LogP contribution in [0.4, 0.5) is 5.69 Å². The number of amides is 2. The van der Waals surface area contributed by atoms with Crippen molar-refractivity contribution in [2.45, 2.75) is 12.5 Å². The van der Waals surface area contributed by atoms with Crippen LogP contribution >= 0.6 is 0 Å². The second-order valence-corrected chi connectivity index (χ2v) is 7.36. The lowest BCUT2D eigenvalue weighted by Gasteiger charge is -2.25. The Morgan fingerprint density at radius 1 is 0.833 bits per heavy atom. The molecule has 154 valence electrons. The van der Waals surface area contributed by atoms with E-state index in [1.807, 2.05) is 68.7 Å². The first kappa shape index (κ1) is 21.3. The van der Waals surface area contributed by atoms with E-state index in [9.17, 15) is 9.59 Å². The molecule has 0 unspecified atom stereocenters. The molecule has 3 rings (SSSR count). The number of carbonyl (C=O) groups is 2. The zero-order valence-electron chi connectivity index (χ0n) is 17.3. The van der Waals surface area contributed by atoms with Gasteiger partial charge in [-0.25, -0.2) is 0 Å². The third-order valence-corrected chi connectivity index (χ3v) is 4.92. The van der Waals surface area contributed by atoms with Crippen LogP contribution < -0.4 is 10.6 Å². The van der Waals surface area contributed by atoms with Gasteiger partial charge < -0.3 is 15.5 Å². The lowest BCUT2D eigenvalue weighted by atomic mass is 10.1. The van der Waals surface area contributed by atoms with Crippen molar-refractivity contribution >= 4 is 17.5 Å². The number of anilines is 1. The van der Waals surface area contributed by atoms with Gasteiger partial charge in [-0.15, -0.1) is 0 Å². The summed E-state index contributed by atoms with van der Waals surface area (Å²) in [6.07, 6.45) is 0.257. The van der Waals surface area contributed by atoms with Crippen LogP contribution in [0.25, 0.3) is 0 Å². The molecule has 0 aliphatic heterocycles. The summed E-state index contributed by atoms with van der Waals surface area (Å²) in [5.74, 6) is -0.370. The summed E-state index contributed by atoms with van der Waals surface area (Å²) >= 11 is 0. The number of hydrogen-bond donors (Lipinski definition) is 2. The molecule has 0 heterocycles. The summed E-state index contributed by atoms with van der Waals surface area (Å²) in [7, 11) is 3.98. The number of nitrogens with zero attached hydrogens (tertiary/aromatic N) is 1. The molecule has 0 saturated heterocycles. The molecule has 1 atom stereocenters. The minimum atomic E-state index is -0.214. The van der Waals surface area contributed by atoms with Crippen molar-refractivity contribution in [1.29, 1.82) is 0 Å². The Hall–Kier alpha value is -3.44. The molecule has 2 amide bonds. The highest BCUT2D eigenvalue weighted by Crippen LogP contribution is 2.19. The Bertz CT molecular complexity index is 972. The second kappa shape index (κ2) is 10.4. The van der Waals surface area contributed by atoms with Crippen LogP contribution in [-0.2, 0) is 11.2 Å². The summed E-state index contributed by atoms with van der Waals surface area (Å²) in [4.78, 5) is 27.4. The first-order valence-electron chi connectivity index (χ1n) is 9.97. The summed E-state index contributed by atoms with van der Waals surface area (Å²) in [6, 6.07) is 26.7. The number of rotatable bonds is 8. The van der Waals surface area contributed by atoms with E-state index in [1.165, 1.54) is 0 Å². The van der Waals surface area contributed by atoms with Gasteiger partial charge in [0.2, 0.25) is 5.91 Å². The Morgan fingerprint density at radius 2 is 1.43 bits per heavy atom. The molecule has 3 aromatic carbocycles. The number of carbonyl (C=O) groups excluding carboxylic acids is 2. The molecule has 0 aliphatic rings. The van der Waals surface area contributed by atoms with E-state index in [1.54, 1.807) is 18.2 Å². The van der Waals surface area contributed by atoms with Crippen molar-refractivity contribution in [1.82, 2.24) is 10.2 Å². The molecule has 0 aliphatic carbocycles. The van der Waals surface area contributed by atoms with E-state index >= 15 is 0 Å². The first-order valence-corrected chi connectivity index (χ1v) is 9.97. The SMILES string of the molecule is CN(C)[C@@H](CNC(=O)c1ccccc1NC(=O)Cc1ccccc1)c1ccccc1. The van der Waals surface area contributed by atoms with Crippen molar-refractivity contribution in [2.75, 3.05) is 26.0 Å². The van der Waals surface area contributed by atoms with Crippen LogP contribution in [0.1, 0.15) is 27.5 Å². The van der Waals surface area contributed by atoms with Gasteiger partial charge in [0.25, 0.3) is 5.91 Å². The van der Waals surface area contributed by atoms with Crippen LogP contribution in [0.3, 0.4) is 0 Å². The van der Waals surface area contributed by atoms with Gasteiger partial charge in [0, 0.05) is 6.54 Å². The zero-order chi connectivity index (χ0) is 21.3. The van der Waals surface area contributed by atoms with E-state index in [2.05, 4.69) is 27.7 Å². The van der Waals surface area contributed by atoms with Crippen molar-refractivity contribution in [3.8, 4) is 0 Å². The van der Waals surface area contributed by atoms with Gasteiger partial charge in [-0.3, -0.25) is 9.59 Å². The predicted octanol–water partition coefficient (Wildman–Crippen LogP) is 3.90. The van der Waals surface area contributed by atoms with Crippen molar-refractivity contribution in [2.24, 2.45) is 0 Å². The Kier molecular flexibility index (Phi) is 7.35. The fourth-order valence-electron chi connectivity index (χ4n) is 3.32. The molecule has 30 heavy (non-hydrogen) atoms. The highest BCUT2D eigenvalue weighted by Gasteiger charge is 2.18. The van der Waals surface area contributed by atoms with E-state index in [0.29, 0.717) is 17.8 Å². The molecule has 3 aromatic rings. The minimum Gasteiger partial charge on any atom is -0.350 e. The highest BCUT2D eigenvalue weighted by molar-refractivity contribution is 6.04. The maximum absolute atomic E-state index is 12.9. The minimum absolute atomic E-state index is 0.0509. The zero-order valence-corrected chi connectivity index (χ0v) is 17.3. The van der Waals surface area contributed by atoms with Crippen LogP contribution in [0.15, 0.2) is 84.9 Å². The number of para-hydroxylation sites is 1. The normalized spacial score (nSPS) is 11.7. The number of hydrogen-bond acceptors (Lipinski definition) is 3. The maximum atomic E-state index is 12.9. The molecular weight excluding hydrogens is 374 g/mol. The van der Waals surface area contributed by atoms with E-state index < -0.39 is 0 Å². The summed E-state index contributed by atoms with van der Waals surface area (Å²) in [6.45, 7) is 0.460. The van der Waals surface area contributed by atoms with Gasteiger partial charge >= 0.3 is 0 Å². The Morgan fingerprint density at radius 3 is 2.10 bits per heavy atom. The van der Waals surface area contributed by atoms with Gasteiger partial charge in [-0.1, -0.05) is 72.8 Å². The fourth-order valence-corrected chi connectivity index (χ4v) is 3.32. The van der Waals surface area contributed by atoms with Gasteiger partial charge in [-0.2, -0.15) is 0 Å². The van der Waals surface area contributed by atoms with Crippen molar-refractivity contribution < 1.29 is 9.59 Å². The van der Waals surface area contributed by atoms with Gasteiger partial charge in [0.1, 0.15) is 0 Å². The van der Waals surface area contributed by atoms with Gasteiger partial charge in [-0.05, 0) is 37.4 Å². The lowest BCUT2D eigenvalue weighted by Crippen LogP contribution is -2.35. The molecule has 5 heteroatoms. The second-order valence-electron chi connectivity index (χ2n) is 7.36. The van der Waals surface area contributed by atoms with E-state index in [-0.39, 0.29) is 24.3 Å². The molecule has 0 aromatic heterocycles. The standard InChI is InChI=1S/C25H27N3O2/c1-28(2)23(20-13-7-4-8-14-20)18-26-25(30)21-15-9-10-16-22(21)27-24(29)17-19-11-5-3-6-12-19/h3-16,23H,17-18H2,1-2H3,(H,26,30)(H,27,29)/t23-/m0/s1. The molecule has 0 radical (unpaired) electrons. The Labute approximate surface area is 177 Å². The highest BCUT2D eigenvalue weighted by atomic mass is 16.2. The number of nitrogens with one attached hydrogen (secondary N) is 2. The molecule has 5 nitrogen and oxygen atoms in total. The summed E-state index contributed by atoms with van der Waals surface area (Å²) < 4.78 is 0. The summed E-state index contributed by atoms with van der Waals surface area (Å²) in [5, 5.41) is 5.88. The molecule has 2 N–H and O–H groups in total. The van der Waals surface area contributed by atoms with E-state index in [4.69, 9.17) is 0 Å². The van der Waals surface area contributed by atoms with Gasteiger partial charge in [0.05, 0.1) is 23.7 Å². The van der Waals surface area contributed by atoms with Crippen LogP contribution in [0.5, 0.6) is 0 Å². The first-order chi connectivity index (χ1) is 14.5. The van der Waals surface area contributed by atoms with Crippen molar-refractivity contribution in [3.05, 3.63) is 102 Å². The quantitative estimate of drug-likeness (QED) is 0.602. The maximum Gasteiger partial charge on any atom is 0.253 e. The average Bonchev–Trinajstić information content (AvgIpc) is 2.75. The number of likely N-dealkylation sites (N-methyl/N-ethyl adjacent to an activating group) is 1. The molecular formula is C25H27N3O2. The molecule has 0 fully saturated rings. The fraction of sp³-hybridized carbons (Fsp3) is 0.200. The molecule has 0 spiro atoms. The van der Waals surface area contributed by atoms with Crippen LogP contribution in [0, 0.1) is 0 Å². The average molecular weight is 402 g/mol. The third kappa shape index (κ3) is 5.78. The number of benzene rings is 3. The van der Waals surface area contributed by atoms with Crippen LogP contribution in [-0.4, -0.2) is 37.4 Å². The topological polar surface area (TPSA) is 61.4 Å². The summed E-state index contributed by atoms with van der Waals surface area (Å²) in [5.41, 5.74) is 3.02. The van der Waals surface area contributed by atoms with Crippen molar-refractivity contribution in [3.63, 3.8) is 0 Å². The van der Waals surface area contributed by atoms with Crippen LogP contribution in [0.2, 0.25) is 0 Å². The largest absolute Gasteiger partial charge is 0.350 e. The lowest BCUT2D eigenvalue weighted by molar-refractivity contribution is -0.115. The monoisotopic (exact) mass is 401 g/mol. The smallest absolute Gasteiger partial charge is 0.253 e. The predicted molar refractivity (Wildman–Crippen MR) is 120 cm³/mol. The third-order valence-electron chi connectivity index (χ3n) is 4.92. The molecule has 0 saturated carbocycles. The van der Waals surface area contributed by atoms with Gasteiger partial charge in [0.15, 0.2) is 0 Å². The molecule has 0 bridgehead atoms.